The third-order valence-electron chi connectivity index (χ3n) is 4.58. The van der Waals surface area contributed by atoms with Crippen molar-refractivity contribution in [1.29, 1.82) is 0 Å². The van der Waals surface area contributed by atoms with Crippen LogP contribution in [0.1, 0.15) is 32.7 Å². The number of nitrogens with one attached hydrogen (secondary N) is 1. The van der Waals surface area contributed by atoms with E-state index in [2.05, 4.69) is 15.5 Å². The molecule has 1 aliphatic carbocycles. The summed E-state index contributed by atoms with van der Waals surface area (Å²) >= 11 is 0. The van der Waals surface area contributed by atoms with Crippen molar-refractivity contribution < 1.29 is 19.2 Å². The fourth-order valence-corrected chi connectivity index (χ4v) is 3.07. The van der Waals surface area contributed by atoms with Gasteiger partial charge < -0.3 is 14.9 Å². The average molecular weight is 329 g/mol. The van der Waals surface area contributed by atoms with Gasteiger partial charge in [-0.25, -0.2) is 0 Å². The third-order valence-corrected chi connectivity index (χ3v) is 4.58. The molecule has 1 heterocycles. The van der Waals surface area contributed by atoms with Crippen LogP contribution in [-0.2, 0) is 9.59 Å². The molecule has 0 spiro atoms. The summed E-state index contributed by atoms with van der Waals surface area (Å²) in [7, 11) is 0. The van der Waals surface area contributed by atoms with E-state index in [1.165, 1.54) is 0 Å². The number of rotatable bonds is 5. The van der Waals surface area contributed by atoms with Crippen LogP contribution in [0.3, 0.4) is 0 Å². The maximum atomic E-state index is 12.3. The van der Waals surface area contributed by atoms with Crippen molar-refractivity contribution in [2.24, 2.45) is 17.3 Å². The zero-order valence-corrected chi connectivity index (χ0v) is 13.7. The van der Waals surface area contributed by atoms with Gasteiger partial charge in [-0.15, -0.1) is 0 Å². The van der Waals surface area contributed by atoms with Crippen molar-refractivity contribution in [2.75, 3.05) is 0 Å². The van der Waals surface area contributed by atoms with Crippen molar-refractivity contribution in [1.82, 2.24) is 15.5 Å². The molecule has 24 heavy (non-hydrogen) atoms. The lowest BCUT2D eigenvalue weighted by molar-refractivity contribution is -0.140. The monoisotopic (exact) mass is 329 g/mol. The second-order valence-electron chi connectivity index (χ2n) is 6.67. The molecule has 3 rings (SSSR count). The smallest absolute Gasteiger partial charge is 0.307 e. The Bertz CT molecular complexity index is 769. The average Bonchev–Trinajstić information content (AvgIpc) is 2.90. The van der Waals surface area contributed by atoms with Gasteiger partial charge in [0.25, 0.3) is 0 Å². The van der Waals surface area contributed by atoms with Gasteiger partial charge in [0.05, 0.1) is 11.8 Å². The molecule has 1 aliphatic rings. The number of carbonyl (C=O) groups excluding carboxylic acids is 1. The van der Waals surface area contributed by atoms with Crippen molar-refractivity contribution in [3.8, 4) is 11.4 Å². The molecule has 126 valence electrons. The molecule has 7 nitrogen and oxygen atoms in total. The predicted molar refractivity (Wildman–Crippen MR) is 84.7 cm³/mol. The van der Waals surface area contributed by atoms with Gasteiger partial charge in [-0.05, 0) is 12.3 Å². The van der Waals surface area contributed by atoms with Gasteiger partial charge in [-0.1, -0.05) is 49.3 Å². The summed E-state index contributed by atoms with van der Waals surface area (Å²) in [4.78, 5) is 27.8. The Morgan fingerprint density at radius 2 is 1.92 bits per heavy atom. The van der Waals surface area contributed by atoms with E-state index < -0.39 is 29.3 Å². The van der Waals surface area contributed by atoms with Gasteiger partial charge in [-0.2, -0.15) is 4.98 Å². The number of nitrogens with zero attached hydrogens (tertiary/aromatic N) is 2. The summed E-state index contributed by atoms with van der Waals surface area (Å²) in [6, 6.07) is 8.87. The second kappa shape index (κ2) is 5.74. The van der Waals surface area contributed by atoms with E-state index >= 15 is 0 Å². The molecule has 2 N–H and O–H groups in total. The Labute approximate surface area is 139 Å². The molecular weight excluding hydrogens is 310 g/mol. The van der Waals surface area contributed by atoms with Crippen LogP contribution in [0.25, 0.3) is 11.4 Å². The highest BCUT2D eigenvalue weighted by atomic mass is 16.5. The molecule has 1 saturated carbocycles. The van der Waals surface area contributed by atoms with Crippen molar-refractivity contribution in [3.05, 3.63) is 36.2 Å². The van der Waals surface area contributed by atoms with Gasteiger partial charge in [0.15, 0.2) is 0 Å². The highest BCUT2D eigenvalue weighted by Gasteiger charge is 2.66. The molecule has 2 aromatic rings. The summed E-state index contributed by atoms with van der Waals surface area (Å²) in [6.45, 7) is 5.28. The highest BCUT2D eigenvalue weighted by molar-refractivity contribution is 5.91. The van der Waals surface area contributed by atoms with E-state index in [1.54, 1.807) is 20.8 Å². The molecule has 7 heteroatoms. The zero-order chi connectivity index (χ0) is 17.5. The van der Waals surface area contributed by atoms with E-state index in [4.69, 9.17) is 9.63 Å². The Morgan fingerprint density at radius 1 is 1.25 bits per heavy atom. The Balaban J connectivity index is 1.68. The first-order chi connectivity index (χ1) is 11.3. The quantitative estimate of drug-likeness (QED) is 0.872. The maximum absolute atomic E-state index is 12.3. The number of carbonyl (C=O) groups is 2. The van der Waals surface area contributed by atoms with Crippen LogP contribution in [0.15, 0.2) is 34.9 Å². The lowest BCUT2D eigenvalue weighted by Gasteiger charge is -2.10. The molecule has 0 unspecified atom stereocenters. The topological polar surface area (TPSA) is 105 Å². The van der Waals surface area contributed by atoms with Gasteiger partial charge in [0.1, 0.15) is 6.04 Å². The van der Waals surface area contributed by atoms with Gasteiger partial charge in [-0.3, -0.25) is 9.59 Å². The number of carboxylic acids is 1. The van der Waals surface area contributed by atoms with Crippen LogP contribution in [0.2, 0.25) is 0 Å². The first-order valence-electron chi connectivity index (χ1n) is 7.74. The number of benzene rings is 1. The normalized spacial score (nSPS) is 22.6. The zero-order valence-electron chi connectivity index (χ0n) is 13.7. The maximum Gasteiger partial charge on any atom is 0.307 e. The SMILES string of the molecule is C[C@H](NC(=O)[C@@H]1[C@H](C(=O)O)C1(C)C)c1nc(-c2ccccc2)no1. The number of carboxylic acid groups (broad SMARTS) is 1. The lowest BCUT2D eigenvalue weighted by atomic mass is 10.1. The van der Waals surface area contributed by atoms with Crippen LogP contribution >= 0.6 is 0 Å². The summed E-state index contributed by atoms with van der Waals surface area (Å²) in [5.41, 5.74) is 0.278. The Morgan fingerprint density at radius 3 is 2.50 bits per heavy atom. The largest absolute Gasteiger partial charge is 0.481 e. The summed E-state index contributed by atoms with van der Waals surface area (Å²) in [5, 5.41) is 15.8. The number of hydrogen-bond acceptors (Lipinski definition) is 5. The summed E-state index contributed by atoms with van der Waals surface area (Å²) in [5.74, 6) is -1.73. The lowest BCUT2D eigenvalue weighted by Crippen LogP contribution is -2.30. The van der Waals surface area contributed by atoms with Crippen LogP contribution in [0.4, 0.5) is 0 Å². The third kappa shape index (κ3) is 2.77. The minimum absolute atomic E-state index is 0.285. The van der Waals surface area contributed by atoms with E-state index in [0.29, 0.717) is 5.82 Å². The molecule has 1 aromatic carbocycles. The minimum atomic E-state index is -0.947. The predicted octanol–water partition coefficient (Wildman–Crippen LogP) is 2.27. The van der Waals surface area contributed by atoms with Crippen LogP contribution in [-0.4, -0.2) is 27.1 Å². The first kappa shape index (κ1) is 16.2. The van der Waals surface area contributed by atoms with Gasteiger partial charge >= 0.3 is 5.97 Å². The molecule has 1 amide bonds. The highest BCUT2D eigenvalue weighted by Crippen LogP contribution is 2.58. The fraction of sp³-hybridized carbons (Fsp3) is 0.412. The molecular formula is C17H19N3O4. The standard InChI is InChI=1S/C17H19N3O4/c1-9(18-14(21)11-12(16(22)23)17(11,2)3)15-19-13(20-24-15)10-7-5-4-6-8-10/h4-9,11-12H,1-3H3,(H,18,21)(H,22,23)/t9-,11-,12+/m0/s1. The number of aromatic nitrogens is 2. The van der Waals surface area contributed by atoms with Crippen molar-refractivity contribution in [2.45, 2.75) is 26.8 Å². The summed E-state index contributed by atoms with van der Waals surface area (Å²) < 4.78 is 5.22. The number of aliphatic carboxylic acids is 1. The summed E-state index contributed by atoms with van der Waals surface area (Å²) in [6.07, 6.45) is 0. The molecule has 0 saturated heterocycles. The number of amides is 1. The molecule has 0 bridgehead atoms. The minimum Gasteiger partial charge on any atom is -0.481 e. The number of hydrogen-bond donors (Lipinski definition) is 2. The van der Waals surface area contributed by atoms with E-state index in [0.717, 1.165) is 5.56 Å². The van der Waals surface area contributed by atoms with Gasteiger partial charge in [0, 0.05) is 5.56 Å². The van der Waals surface area contributed by atoms with Crippen LogP contribution < -0.4 is 5.32 Å². The van der Waals surface area contributed by atoms with E-state index in [1.807, 2.05) is 30.3 Å². The molecule has 0 aliphatic heterocycles. The second-order valence-corrected chi connectivity index (χ2v) is 6.67. The van der Waals surface area contributed by atoms with E-state index in [-0.39, 0.29) is 11.8 Å². The molecule has 3 atom stereocenters. The molecule has 1 fully saturated rings. The molecule has 0 radical (unpaired) electrons. The van der Waals surface area contributed by atoms with Crippen LogP contribution in [0.5, 0.6) is 0 Å². The Kier molecular flexibility index (Phi) is 3.87. The Hall–Kier alpha value is -2.70. The molecule has 1 aromatic heterocycles. The fourth-order valence-electron chi connectivity index (χ4n) is 3.07. The van der Waals surface area contributed by atoms with Crippen molar-refractivity contribution in [3.63, 3.8) is 0 Å². The van der Waals surface area contributed by atoms with Crippen molar-refractivity contribution >= 4 is 11.9 Å². The van der Waals surface area contributed by atoms with E-state index in [9.17, 15) is 9.59 Å². The van der Waals surface area contributed by atoms with Gasteiger partial charge in [0.2, 0.25) is 17.6 Å². The first-order valence-corrected chi connectivity index (χ1v) is 7.74. The van der Waals surface area contributed by atoms with Crippen LogP contribution in [0, 0.1) is 17.3 Å².